The fourth-order valence-electron chi connectivity index (χ4n) is 9.12. The van der Waals surface area contributed by atoms with Crippen molar-refractivity contribution in [3.05, 3.63) is 35.9 Å². The number of carbonyl (C=O) groups excluding carboxylic acids is 11. The number of hydrogen-bond donors (Lipinski definition) is 19. The molecule has 1 saturated heterocycles. The minimum Gasteiger partial charge on any atom is -0.393 e. The van der Waals surface area contributed by atoms with Crippen LogP contribution in [0.3, 0.4) is 0 Å². The van der Waals surface area contributed by atoms with E-state index in [1.807, 2.05) is 13.8 Å². The summed E-state index contributed by atoms with van der Waals surface area (Å²) in [6.45, 7) is 8.65. The van der Waals surface area contributed by atoms with Crippen LogP contribution in [-0.2, 0) is 59.2 Å². The van der Waals surface area contributed by atoms with Crippen LogP contribution in [0.15, 0.2) is 30.3 Å². The van der Waals surface area contributed by atoms with E-state index in [4.69, 9.17) is 28.7 Å². The first-order valence-electron chi connectivity index (χ1n) is 29.6. The van der Waals surface area contributed by atoms with Crippen molar-refractivity contribution in [2.24, 2.45) is 40.5 Å². The molecule has 486 valence electrons. The Balaban J connectivity index is 2.68. The second-order valence-electron chi connectivity index (χ2n) is 22.2. The highest BCUT2D eigenvalue weighted by atomic mass is 16.3. The van der Waals surface area contributed by atoms with Crippen molar-refractivity contribution >= 4 is 65.0 Å². The second-order valence-corrected chi connectivity index (χ2v) is 22.2. The van der Waals surface area contributed by atoms with Gasteiger partial charge in [-0.2, -0.15) is 0 Å². The van der Waals surface area contributed by atoms with Crippen LogP contribution in [-0.4, -0.2) is 198 Å². The molecule has 24 N–H and O–H groups in total. The lowest BCUT2D eigenvalue weighted by atomic mass is 9.99. The van der Waals surface area contributed by atoms with Gasteiger partial charge in [0.15, 0.2) is 0 Å². The van der Waals surface area contributed by atoms with Crippen LogP contribution >= 0.6 is 0 Å². The van der Waals surface area contributed by atoms with E-state index < -0.39 is 157 Å². The molecule has 30 heteroatoms. The standard InChI is InChI=1S/C56H98N16O14/c1-7-31(4)13-14-35(75)29-44(76)63-36(15-21-57)51(81)72-46(33(6)74)56(86)68-39(18-24-60)48(78)67-41-20-26-62-55(85)45(32(5)73)71-52(82)40(19-25-61)65-47(77)37(16-22-58)66-53(83)42(27-30(2)3)69-54(84)43(28-34-11-9-8-10-12-34)70-49(79)38(17-23-59)64-50(41)80/h8-12,30-33,35-43,45-46,73-75H,7,13-29,57-61H2,1-6H3,(H,62,85)(H,63,76)(H,64,80)(H,65,77)(H,66,83)(H,67,78)(H,68,86)(H,69,84)(H,70,79)(H,71,82)(H,72,81)/t31?,32-,33-,35?,36+,37+,38?,39+,40+,41?,42+,43-,45?,46+/m1/s1. The Morgan fingerprint density at radius 1 is 0.558 bits per heavy atom. The number of aliphatic hydroxyl groups is 3. The van der Waals surface area contributed by atoms with Crippen LogP contribution in [0.2, 0.25) is 0 Å². The molecule has 1 heterocycles. The number of hydrogen-bond acceptors (Lipinski definition) is 19. The van der Waals surface area contributed by atoms with Gasteiger partial charge in [-0.3, -0.25) is 52.7 Å². The average Bonchev–Trinajstić information content (AvgIpc) is 3.18. The molecule has 0 radical (unpaired) electrons. The summed E-state index contributed by atoms with van der Waals surface area (Å²) in [6.07, 6.45) is -4.15. The highest BCUT2D eigenvalue weighted by Gasteiger charge is 2.38. The van der Waals surface area contributed by atoms with E-state index >= 15 is 0 Å². The van der Waals surface area contributed by atoms with Gasteiger partial charge in [0.1, 0.15) is 60.4 Å². The second kappa shape index (κ2) is 39.7. The third kappa shape index (κ3) is 26.8. The van der Waals surface area contributed by atoms with E-state index in [1.165, 1.54) is 13.8 Å². The van der Waals surface area contributed by atoms with E-state index in [2.05, 4.69) is 58.5 Å². The Bertz CT molecular complexity index is 2350. The molecular weight excluding hydrogens is 1120 g/mol. The van der Waals surface area contributed by atoms with Crippen molar-refractivity contribution in [2.45, 2.75) is 197 Å². The fraction of sp³-hybridized carbons (Fsp3) is 0.696. The Hall–Kier alpha value is -6.93. The molecule has 1 aliphatic rings. The Labute approximate surface area is 503 Å². The molecule has 1 fully saturated rings. The predicted molar refractivity (Wildman–Crippen MR) is 318 cm³/mol. The lowest BCUT2D eigenvalue weighted by Crippen LogP contribution is -2.62. The van der Waals surface area contributed by atoms with Crippen molar-refractivity contribution in [3.8, 4) is 0 Å². The van der Waals surface area contributed by atoms with Gasteiger partial charge in [-0.05, 0) is 122 Å². The summed E-state index contributed by atoms with van der Waals surface area (Å²) in [5.74, 6) is -10.1. The summed E-state index contributed by atoms with van der Waals surface area (Å²) in [4.78, 5) is 154. The number of amides is 11. The Morgan fingerprint density at radius 3 is 1.55 bits per heavy atom. The minimum absolute atomic E-state index is 0.0383. The van der Waals surface area contributed by atoms with Crippen LogP contribution in [0.4, 0.5) is 0 Å². The summed E-state index contributed by atoms with van der Waals surface area (Å²) >= 11 is 0. The molecule has 5 unspecified atom stereocenters. The molecule has 0 spiro atoms. The predicted octanol–water partition coefficient (Wildman–Crippen LogP) is -6.27. The minimum atomic E-state index is -1.76. The molecule has 1 aliphatic heterocycles. The zero-order valence-corrected chi connectivity index (χ0v) is 50.5. The quantitative estimate of drug-likeness (QED) is 0.0355. The van der Waals surface area contributed by atoms with Gasteiger partial charge < -0.3 is 102 Å². The SMILES string of the molecule is CCC(C)CCC(O)CC(=O)N[C@@H](CCN)C(=O)N[C@H](C(=O)N[C@@H](CCN)C(=O)NC1CCNC(=O)C([C@@H](C)O)NC(=O)[C@H](CCN)NC(=O)[C@H](CCN)NC(=O)[C@H](CC(C)C)NC(=O)[C@@H](Cc2ccccc2)NC(=O)C(CCN)NC1=O)[C@@H](C)O. The largest absolute Gasteiger partial charge is 0.393 e. The third-order valence-electron chi connectivity index (χ3n) is 14.3. The van der Waals surface area contributed by atoms with Crippen molar-refractivity contribution in [1.29, 1.82) is 0 Å². The highest BCUT2D eigenvalue weighted by Crippen LogP contribution is 2.14. The number of nitrogens with two attached hydrogens (primary N) is 5. The van der Waals surface area contributed by atoms with Crippen molar-refractivity contribution < 1.29 is 68.1 Å². The summed E-state index contributed by atoms with van der Waals surface area (Å²) in [6, 6.07) is -6.55. The molecule has 0 aliphatic carbocycles. The smallest absolute Gasteiger partial charge is 0.245 e. The molecule has 1 aromatic carbocycles. The number of rotatable bonds is 29. The summed E-state index contributed by atoms with van der Waals surface area (Å²) in [5, 5.41) is 59.9. The van der Waals surface area contributed by atoms with Crippen molar-refractivity contribution in [3.63, 3.8) is 0 Å². The third-order valence-corrected chi connectivity index (χ3v) is 14.3. The lowest BCUT2D eigenvalue weighted by molar-refractivity contribution is -0.137. The zero-order chi connectivity index (χ0) is 64.6. The molecular formula is C56H98N16O14. The molecule has 1 aromatic rings. The van der Waals surface area contributed by atoms with E-state index in [0.29, 0.717) is 24.3 Å². The first-order valence-corrected chi connectivity index (χ1v) is 29.6. The Kier molecular flexibility index (Phi) is 34.7. The topological polar surface area (TPSA) is 511 Å². The van der Waals surface area contributed by atoms with Crippen molar-refractivity contribution in [2.75, 3.05) is 39.3 Å². The van der Waals surface area contributed by atoms with Gasteiger partial charge in [0.2, 0.25) is 65.0 Å². The van der Waals surface area contributed by atoms with Gasteiger partial charge in [0.05, 0.1) is 24.7 Å². The van der Waals surface area contributed by atoms with Gasteiger partial charge in [0.25, 0.3) is 0 Å². The van der Waals surface area contributed by atoms with Gasteiger partial charge in [0, 0.05) is 13.0 Å². The van der Waals surface area contributed by atoms with E-state index in [-0.39, 0.29) is 90.0 Å². The number of aliphatic hydroxyl groups excluding tert-OH is 3. The first-order chi connectivity index (χ1) is 40.7. The normalized spacial score (nSPS) is 23.2. The monoisotopic (exact) mass is 1220 g/mol. The molecule has 14 atom stereocenters. The highest BCUT2D eigenvalue weighted by molar-refractivity contribution is 5.99. The molecule has 86 heavy (non-hydrogen) atoms. The average molecular weight is 1220 g/mol. The molecule has 2 rings (SSSR count). The van der Waals surface area contributed by atoms with Crippen LogP contribution in [0.5, 0.6) is 0 Å². The van der Waals surface area contributed by atoms with Crippen LogP contribution in [0, 0.1) is 11.8 Å². The van der Waals surface area contributed by atoms with Gasteiger partial charge in [-0.25, -0.2) is 0 Å². The van der Waals surface area contributed by atoms with Crippen molar-refractivity contribution in [1.82, 2.24) is 58.5 Å². The maximum Gasteiger partial charge on any atom is 0.245 e. The van der Waals surface area contributed by atoms with E-state index in [0.717, 1.165) is 6.42 Å². The van der Waals surface area contributed by atoms with Gasteiger partial charge in [-0.15, -0.1) is 0 Å². The maximum absolute atomic E-state index is 14.5. The summed E-state index contributed by atoms with van der Waals surface area (Å²) in [7, 11) is 0. The molecule has 30 nitrogen and oxygen atoms in total. The molecule has 11 amide bonds. The van der Waals surface area contributed by atoms with Crippen LogP contribution < -0.4 is 87.2 Å². The Morgan fingerprint density at radius 2 is 1.05 bits per heavy atom. The zero-order valence-electron chi connectivity index (χ0n) is 50.5. The van der Waals surface area contributed by atoms with Gasteiger partial charge in [-0.1, -0.05) is 64.4 Å². The van der Waals surface area contributed by atoms with Crippen LogP contribution in [0.1, 0.15) is 118 Å². The molecule has 0 saturated carbocycles. The fourth-order valence-corrected chi connectivity index (χ4v) is 9.12. The summed E-state index contributed by atoms with van der Waals surface area (Å²) < 4.78 is 0. The van der Waals surface area contributed by atoms with E-state index in [1.54, 1.807) is 44.2 Å². The summed E-state index contributed by atoms with van der Waals surface area (Å²) in [5.41, 5.74) is 29.9. The van der Waals surface area contributed by atoms with E-state index in [9.17, 15) is 68.1 Å². The number of benzene rings is 1. The van der Waals surface area contributed by atoms with Crippen LogP contribution in [0.25, 0.3) is 0 Å². The molecule has 0 bridgehead atoms. The molecule has 0 aromatic heterocycles. The maximum atomic E-state index is 14.5. The number of carbonyl (C=O) groups is 11. The lowest BCUT2D eigenvalue weighted by Gasteiger charge is -2.29. The first kappa shape index (κ1) is 75.2. The van der Waals surface area contributed by atoms with Gasteiger partial charge >= 0.3 is 0 Å². The number of nitrogens with one attached hydrogen (secondary N) is 11.